The van der Waals surface area contributed by atoms with Gasteiger partial charge in [0.1, 0.15) is 0 Å². The molecule has 1 aromatic rings. The molecule has 1 heterocycles. The fourth-order valence-corrected chi connectivity index (χ4v) is 1.82. The number of pyridine rings is 1. The van der Waals surface area contributed by atoms with Crippen LogP contribution < -0.4 is 11.3 Å². The first-order chi connectivity index (χ1) is 6.50. The quantitative estimate of drug-likeness (QED) is 0.771. The van der Waals surface area contributed by atoms with Crippen molar-refractivity contribution in [3.63, 3.8) is 0 Å². The van der Waals surface area contributed by atoms with Gasteiger partial charge >= 0.3 is 0 Å². The third kappa shape index (κ3) is 1.54. The Morgan fingerprint density at radius 2 is 2.29 bits per heavy atom. The second-order valence-corrected chi connectivity index (χ2v) is 4.81. The molecule has 2 N–H and O–H groups in total. The van der Waals surface area contributed by atoms with E-state index in [1.807, 2.05) is 12.3 Å². The lowest BCUT2D eigenvalue weighted by molar-refractivity contribution is 0.491. The highest BCUT2D eigenvalue weighted by Gasteiger charge is 2.45. The van der Waals surface area contributed by atoms with E-state index in [0.717, 1.165) is 6.54 Å². The second kappa shape index (κ2) is 2.87. The number of hydrogen-bond acceptors (Lipinski definition) is 2. The van der Waals surface area contributed by atoms with Crippen LogP contribution in [-0.4, -0.2) is 4.57 Å². The lowest BCUT2D eigenvalue weighted by Crippen LogP contribution is -2.23. The molecule has 0 bridgehead atoms. The lowest BCUT2D eigenvalue weighted by atomic mass is 10.1. The number of nitrogens with zero attached hydrogens (tertiary/aromatic N) is 1. The van der Waals surface area contributed by atoms with Crippen molar-refractivity contribution in [1.82, 2.24) is 4.57 Å². The van der Waals surface area contributed by atoms with E-state index in [9.17, 15) is 4.79 Å². The van der Waals surface area contributed by atoms with E-state index in [1.54, 1.807) is 10.6 Å². The molecule has 1 saturated carbocycles. The zero-order valence-electron chi connectivity index (χ0n) is 8.66. The highest BCUT2D eigenvalue weighted by atomic mass is 16.1. The van der Waals surface area contributed by atoms with Gasteiger partial charge in [-0.15, -0.1) is 0 Å². The highest BCUT2D eigenvalue weighted by Crippen LogP contribution is 2.52. The van der Waals surface area contributed by atoms with Crippen LogP contribution in [0.2, 0.25) is 0 Å². The van der Waals surface area contributed by atoms with Gasteiger partial charge < -0.3 is 10.3 Å². The van der Waals surface area contributed by atoms with Gasteiger partial charge in [-0.2, -0.15) is 0 Å². The molecule has 0 aromatic carbocycles. The van der Waals surface area contributed by atoms with Gasteiger partial charge in [0.2, 0.25) is 0 Å². The Hall–Kier alpha value is -1.25. The first-order valence-corrected chi connectivity index (χ1v) is 4.95. The van der Waals surface area contributed by atoms with Crippen molar-refractivity contribution in [2.75, 3.05) is 5.73 Å². The number of aromatic nitrogens is 1. The minimum atomic E-state index is -0.0600. The van der Waals surface area contributed by atoms with E-state index in [0.29, 0.717) is 17.0 Å². The summed E-state index contributed by atoms with van der Waals surface area (Å²) >= 11 is 0. The highest BCUT2D eigenvalue weighted by molar-refractivity contribution is 5.33. The summed E-state index contributed by atoms with van der Waals surface area (Å²) in [4.78, 5) is 11.6. The van der Waals surface area contributed by atoms with Crippen molar-refractivity contribution in [1.29, 1.82) is 0 Å². The van der Waals surface area contributed by atoms with Crippen LogP contribution in [0.4, 0.5) is 5.69 Å². The molecule has 1 fully saturated rings. The summed E-state index contributed by atoms with van der Waals surface area (Å²) in [5, 5.41) is 0. The van der Waals surface area contributed by atoms with Gasteiger partial charge in [0.25, 0.3) is 5.56 Å². The molecule has 0 radical (unpaired) electrons. The zero-order chi connectivity index (χ0) is 10.3. The van der Waals surface area contributed by atoms with E-state index < -0.39 is 0 Å². The number of anilines is 1. The Kier molecular flexibility index (Phi) is 1.91. The summed E-state index contributed by atoms with van der Waals surface area (Å²) in [6, 6.07) is 3.48. The number of hydrogen-bond donors (Lipinski definition) is 1. The molecule has 76 valence electrons. The number of nitrogen functional groups attached to an aromatic ring is 1. The number of nitrogens with two attached hydrogens (primary N) is 1. The Labute approximate surface area is 83.5 Å². The van der Waals surface area contributed by atoms with E-state index in [4.69, 9.17) is 5.73 Å². The van der Waals surface area contributed by atoms with Gasteiger partial charge in [-0.05, 0) is 29.9 Å². The minimum Gasteiger partial charge on any atom is -0.394 e. The van der Waals surface area contributed by atoms with Crippen LogP contribution in [0.25, 0.3) is 0 Å². The molecule has 0 spiro atoms. The largest absolute Gasteiger partial charge is 0.394 e. The second-order valence-electron chi connectivity index (χ2n) is 4.81. The van der Waals surface area contributed by atoms with Crippen molar-refractivity contribution < 1.29 is 0 Å². The smallest absolute Gasteiger partial charge is 0.273 e. The van der Waals surface area contributed by atoms with Crippen LogP contribution in [0.15, 0.2) is 23.1 Å². The van der Waals surface area contributed by atoms with Gasteiger partial charge in [-0.25, -0.2) is 0 Å². The van der Waals surface area contributed by atoms with Gasteiger partial charge in [0, 0.05) is 12.7 Å². The number of rotatable bonds is 2. The molecule has 1 atom stereocenters. The summed E-state index contributed by atoms with van der Waals surface area (Å²) < 4.78 is 1.72. The minimum absolute atomic E-state index is 0.0600. The van der Waals surface area contributed by atoms with Gasteiger partial charge in [-0.1, -0.05) is 13.8 Å². The SMILES string of the molecule is CC1(C)CC1Cn1cccc(N)c1=O. The fourth-order valence-electron chi connectivity index (χ4n) is 1.82. The van der Waals surface area contributed by atoms with Crippen molar-refractivity contribution in [2.24, 2.45) is 11.3 Å². The topological polar surface area (TPSA) is 48.0 Å². The molecule has 3 heteroatoms. The monoisotopic (exact) mass is 192 g/mol. The molecule has 0 aliphatic heterocycles. The van der Waals surface area contributed by atoms with E-state index in [1.165, 1.54) is 6.42 Å². The van der Waals surface area contributed by atoms with Crippen LogP contribution in [0.1, 0.15) is 20.3 Å². The molecule has 1 aliphatic carbocycles. The van der Waals surface area contributed by atoms with E-state index in [-0.39, 0.29) is 5.56 Å². The molecule has 1 aliphatic rings. The maximum absolute atomic E-state index is 11.6. The van der Waals surface area contributed by atoms with Crippen LogP contribution in [0, 0.1) is 11.3 Å². The summed E-state index contributed by atoms with van der Waals surface area (Å²) in [5.74, 6) is 0.627. The van der Waals surface area contributed by atoms with E-state index >= 15 is 0 Å². The van der Waals surface area contributed by atoms with Crippen molar-refractivity contribution in [2.45, 2.75) is 26.8 Å². The summed E-state index contributed by atoms with van der Waals surface area (Å²) in [6.07, 6.45) is 3.02. The molecule has 1 unspecified atom stereocenters. The first kappa shape index (κ1) is 9.31. The molecule has 14 heavy (non-hydrogen) atoms. The van der Waals surface area contributed by atoms with Gasteiger partial charge in [-0.3, -0.25) is 4.79 Å². The van der Waals surface area contributed by atoms with Gasteiger partial charge in [0.05, 0.1) is 5.69 Å². The predicted molar refractivity (Wildman–Crippen MR) is 57.0 cm³/mol. The van der Waals surface area contributed by atoms with E-state index in [2.05, 4.69) is 13.8 Å². The summed E-state index contributed by atoms with van der Waals surface area (Å²) in [7, 11) is 0. The molecule has 2 rings (SSSR count). The van der Waals surface area contributed by atoms with Crippen LogP contribution >= 0.6 is 0 Å². The fraction of sp³-hybridized carbons (Fsp3) is 0.545. The Morgan fingerprint density at radius 1 is 1.64 bits per heavy atom. The average Bonchev–Trinajstić information content (AvgIpc) is 2.68. The van der Waals surface area contributed by atoms with Crippen LogP contribution in [0.5, 0.6) is 0 Å². The molecular weight excluding hydrogens is 176 g/mol. The maximum atomic E-state index is 11.6. The average molecular weight is 192 g/mol. The molecule has 3 nitrogen and oxygen atoms in total. The Morgan fingerprint density at radius 3 is 2.86 bits per heavy atom. The molecule has 0 amide bonds. The molecular formula is C11H16N2O. The van der Waals surface area contributed by atoms with Crippen LogP contribution in [-0.2, 0) is 6.54 Å². The first-order valence-electron chi connectivity index (χ1n) is 4.95. The molecule has 0 saturated heterocycles. The third-order valence-corrected chi connectivity index (χ3v) is 3.18. The summed E-state index contributed by atoms with van der Waals surface area (Å²) in [5.41, 5.74) is 6.24. The standard InChI is InChI=1S/C11H16N2O/c1-11(2)6-8(11)7-13-5-3-4-9(12)10(13)14/h3-5,8H,6-7,12H2,1-2H3. The van der Waals surface area contributed by atoms with Crippen molar-refractivity contribution in [3.05, 3.63) is 28.7 Å². The summed E-state index contributed by atoms with van der Waals surface area (Å²) in [6.45, 7) is 5.26. The van der Waals surface area contributed by atoms with Crippen LogP contribution in [0.3, 0.4) is 0 Å². The third-order valence-electron chi connectivity index (χ3n) is 3.18. The van der Waals surface area contributed by atoms with Crippen molar-refractivity contribution >= 4 is 5.69 Å². The Bertz CT molecular complexity index is 406. The zero-order valence-corrected chi connectivity index (χ0v) is 8.66. The van der Waals surface area contributed by atoms with Crippen molar-refractivity contribution in [3.8, 4) is 0 Å². The lowest BCUT2D eigenvalue weighted by Gasteiger charge is -2.07. The Balaban J connectivity index is 2.19. The van der Waals surface area contributed by atoms with Gasteiger partial charge in [0.15, 0.2) is 0 Å². The predicted octanol–water partition coefficient (Wildman–Crippen LogP) is 1.48. The maximum Gasteiger partial charge on any atom is 0.273 e. The normalized spacial score (nSPS) is 23.4. The molecule has 1 aromatic heterocycles.